The van der Waals surface area contributed by atoms with Gasteiger partial charge in [-0.3, -0.25) is 4.79 Å². The van der Waals surface area contributed by atoms with Gasteiger partial charge in [-0.15, -0.1) is 23.2 Å². The Balaban J connectivity index is 2.18. The van der Waals surface area contributed by atoms with Crippen LogP contribution < -0.4 is 0 Å². The number of esters is 1. The van der Waals surface area contributed by atoms with Gasteiger partial charge in [-0.1, -0.05) is 43.9 Å². The summed E-state index contributed by atoms with van der Waals surface area (Å²) in [7, 11) is -1.81. The third-order valence-electron chi connectivity index (χ3n) is 5.39. The molecule has 0 spiro atoms. The Hall–Kier alpha value is -0.513. The Labute approximate surface area is 143 Å². The molecule has 0 heterocycles. The lowest BCUT2D eigenvalue weighted by Gasteiger charge is -2.37. The molecule has 3 atom stereocenters. The maximum atomic E-state index is 11.6. The largest absolute Gasteiger partial charge is 0.462 e. The molecule has 0 aliphatic heterocycles. The van der Waals surface area contributed by atoms with Gasteiger partial charge < -0.3 is 4.74 Å². The third-order valence-corrected chi connectivity index (χ3v) is 10.3. The number of carbonyl (C=O) groups excluding carboxylic acids is 1. The topological polar surface area (TPSA) is 26.3 Å². The van der Waals surface area contributed by atoms with Gasteiger partial charge in [0.05, 0.1) is 8.07 Å². The first-order valence-electron chi connectivity index (χ1n) is 7.77. The van der Waals surface area contributed by atoms with Crippen molar-refractivity contribution < 1.29 is 9.53 Å². The summed E-state index contributed by atoms with van der Waals surface area (Å²) in [4.78, 5) is 11.6. The van der Waals surface area contributed by atoms with Gasteiger partial charge in [-0.2, -0.15) is 0 Å². The quantitative estimate of drug-likeness (QED) is 0.427. The minimum absolute atomic E-state index is 0.0537. The van der Waals surface area contributed by atoms with E-state index in [4.69, 9.17) is 27.9 Å². The van der Waals surface area contributed by atoms with E-state index in [1.807, 2.05) is 12.1 Å². The fraction of sp³-hybridized carbons (Fsp3) is 0.588. The van der Waals surface area contributed by atoms with Gasteiger partial charge in [0.1, 0.15) is 10.4 Å². The summed E-state index contributed by atoms with van der Waals surface area (Å²) in [5.41, 5.74) is 2.53. The molecule has 1 fully saturated rings. The summed E-state index contributed by atoms with van der Waals surface area (Å²) in [5, 5.41) is -0.318. The number of ether oxygens (including phenoxy) is 1. The molecule has 1 aromatic carbocycles. The molecule has 0 saturated heterocycles. The van der Waals surface area contributed by atoms with Crippen LogP contribution in [0.15, 0.2) is 24.3 Å². The van der Waals surface area contributed by atoms with Gasteiger partial charge in [0, 0.05) is 17.9 Å². The first-order chi connectivity index (χ1) is 10.1. The second kappa shape index (κ2) is 4.99. The molecule has 3 rings (SSSR count). The molecule has 120 valence electrons. The van der Waals surface area contributed by atoms with Crippen LogP contribution in [0.4, 0.5) is 0 Å². The SMILES string of the molecule is CC(=O)O[C@@H]1CCc2ccccc2[C@H]2C(Cl)(Cl)[C@@]12[Si](C)(C)C. The first-order valence-corrected chi connectivity index (χ1v) is 12.0. The van der Waals surface area contributed by atoms with Gasteiger partial charge in [0.15, 0.2) is 0 Å². The van der Waals surface area contributed by atoms with E-state index in [2.05, 4.69) is 31.8 Å². The predicted octanol–water partition coefficient (Wildman–Crippen LogP) is 4.91. The lowest BCUT2D eigenvalue weighted by Crippen LogP contribution is -2.43. The van der Waals surface area contributed by atoms with Crippen molar-refractivity contribution in [3.63, 3.8) is 0 Å². The Morgan fingerprint density at radius 2 is 1.91 bits per heavy atom. The minimum Gasteiger partial charge on any atom is -0.462 e. The van der Waals surface area contributed by atoms with Crippen molar-refractivity contribution in [1.29, 1.82) is 0 Å². The van der Waals surface area contributed by atoms with E-state index < -0.39 is 12.4 Å². The highest BCUT2D eigenvalue weighted by Gasteiger charge is 2.84. The molecule has 0 N–H and O–H groups in total. The zero-order valence-electron chi connectivity index (χ0n) is 13.5. The van der Waals surface area contributed by atoms with Crippen LogP contribution in [0.25, 0.3) is 0 Å². The van der Waals surface area contributed by atoms with Crippen molar-refractivity contribution in [2.24, 2.45) is 0 Å². The smallest absolute Gasteiger partial charge is 0.302 e. The van der Waals surface area contributed by atoms with E-state index in [0.717, 1.165) is 12.8 Å². The van der Waals surface area contributed by atoms with Crippen molar-refractivity contribution in [3.05, 3.63) is 35.4 Å². The van der Waals surface area contributed by atoms with E-state index in [9.17, 15) is 4.79 Å². The zero-order chi connectivity index (χ0) is 16.3. The van der Waals surface area contributed by atoms with Crippen molar-refractivity contribution in [3.8, 4) is 0 Å². The summed E-state index contributed by atoms with van der Waals surface area (Å²) in [6.07, 6.45) is 1.49. The number of hydrogen-bond donors (Lipinski definition) is 0. The monoisotopic (exact) mass is 356 g/mol. The molecular weight excluding hydrogens is 335 g/mol. The molecular formula is C17H22Cl2O2Si. The molecule has 1 aromatic rings. The molecule has 2 nitrogen and oxygen atoms in total. The van der Waals surface area contributed by atoms with Crippen LogP contribution in [-0.2, 0) is 16.0 Å². The maximum Gasteiger partial charge on any atom is 0.302 e. The van der Waals surface area contributed by atoms with Crippen molar-refractivity contribution in [2.45, 2.75) is 60.8 Å². The Kier molecular flexibility index (Phi) is 3.71. The van der Waals surface area contributed by atoms with Crippen LogP contribution in [0.1, 0.15) is 30.4 Å². The Bertz CT molecular complexity index is 623. The fourth-order valence-electron chi connectivity index (χ4n) is 4.59. The van der Waals surface area contributed by atoms with Crippen LogP contribution in [0.2, 0.25) is 24.7 Å². The lowest BCUT2D eigenvalue weighted by atomic mass is 10.0. The molecule has 0 bridgehead atoms. The molecule has 0 aromatic heterocycles. The van der Waals surface area contributed by atoms with Crippen molar-refractivity contribution in [2.75, 3.05) is 0 Å². The number of fused-ring (bicyclic) bond motifs is 3. The van der Waals surface area contributed by atoms with Crippen LogP contribution >= 0.6 is 23.2 Å². The van der Waals surface area contributed by atoms with Gasteiger partial charge in [-0.25, -0.2) is 0 Å². The van der Waals surface area contributed by atoms with Gasteiger partial charge in [0.25, 0.3) is 0 Å². The highest BCUT2D eigenvalue weighted by Crippen LogP contribution is 2.86. The minimum atomic E-state index is -1.81. The number of carbonyl (C=O) groups is 1. The van der Waals surface area contributed by atoms with Crippen molar-refractivity contribution >= 4 is 37.2 Å². The molecule has 2 aliphatic carbocycles. The lowest BCUT2D eigenvalue weighted by molar-refractivity contribution is -0.147. The summed E-state index contributed by atoms with van der Waals surface area (Å²) in [5.74, 6) is -0.193. The van der Waals surface area contributed by atoms with Crippen molar-refractivity contribution in [1.82, 2.24) is 0 Å². The van der Waals surface area contributed by atoms with Gasteiger partial charge in [-0.05, 0) is 24.0 Å². The van der Waals surface area contributed by atoms with Gasteiger partial charge in [0.2, 0.25) is 0 Å². The summed E-state index contributed by atoms with van der Waals surface area (Å²) >= 11 is 13.7. The number of hydrogen-bond acceptors (Lipinski definition) is 2. The Morgan fingerprint density at radius 1 is 1.27 bits per heavy atom. The standard InChI is InChI=1S/C17H22Cl2O2Si/c1-11(20)21-14-10-9-12-7-5-6-8-13(12)15-16(14,17(15,18)19)22(2,3)4/h5-8,14-15H,9-10H2,1-4H3/t14-,15-,16-/m1/s1. The van der Waals surface area contributed by atoms with Gasteiger partial charge >= 0.3 is 5.97 Å². The predicted molar refractivity (Wildman–Crippen MR) is 93.5 cm³/mol. The van der Waals surface area contributed by atoms with E-state index in [0.29, 0.717) is 0 Å². The van der Waals surface area contributed by atoms with Crippen LogP contribution in [0, 0.1) is 0 Å². The first kappa shape index (κ1) is 16.3. The molecule has 0 amide bonds. The number of halogens is 2. The fourth-order valence-corrected chi connectivity index (χ4v) is 10.9. The zero-order valence-corrected chi connectivity index (χ0v) is 16.0. The van der Waals surface area contributed by atoms with Crippen LogP contribution in [-0.4, -0.2) is 24.5 Å². The Morgan fingerprint density at radius 3 is 2.50 bits per heavy atom. The van der Waals surface area contributed by atoms with Crippen LogP contribution in [0.3, 0.4) is 0 Å². The number of aryl methyl sites for hydroxylation is 1. The average molecular weight is 357 g/mol. The number of rotatable bonds is 2. The maximum absolute atomic E-state index is 11.6. The highest BCUT2D eigenvalue weighted by atomic mass is 35.5. The summed E-state index contributed by atoms with van der Waals surface area (Å²) in [6, 6.07) is 8.37. The number of benzene rings is 1. The molecule has 2 aliphatic rings. The molecule has 0 radical (unpaired) electrons. The normalized spacial score (nSPS) is 32.5. The van der Waals surface area contributed by atoms with E-state index >= 15 is 0 Å². The number of alkyl halides is 2. The molecule has 22 heavy (non-hydrogen) atoms. The molecule has 0 unspecified atom stereocenters. The highest BCUT2D eigenvalue weighted by molar-refractivity contribution is 6.84. The second-order valence-corrected chi connectivity index (χ2v) is 14.2. The second-order valence-electron chi connectivity index (χ2n) is 7.51. The van der Waals surface area contributed by atoms with E-state index in [1.165, 1.54) is 18.1 Å². The van der Waals surface area contributed by atoms with Crippen LogP contribution in [0.5, 0.6) is 0 Å². The molecule has 1 saturated carbocycles. The third kappa shape index (κ3) is 2.02. The molecule has 5 heteroatoms. The average Bonchev–Trinajstić information content (AvgIpc) is 2.96. The van der Waals surface area contributed by atoms with E-state index in [-0.39, 0.29) is 23.0 Å². The van der Waals surface area contributed by atoms with E-state index in [1.54, 1.807) is 0 Å². The summed E-state index contributed by atoms with van der Waals surface area (Å²) < 4.78 is 4.90. The summed E-state index contributed by atoms with van der Waals surface area (Å²) in [6.45, 7) is 8.29.